The van der Waals surface area contributed by atoms with Crippen LogP contribution < -0.4 is 4.74 Å². The molecule has 0 atom stereocenters. The summed E-state index contributed by atoms with van der Waals surface area (Å²) in [5.41, 5.74) is 1.00. The van der Waals surface area contributed by atoms with Crippen LogP contribution in [-0.4, -0.2) is 27.8 Å². The third-order valence-corrected chi connectivity index (χ3v) is 5.74. The number of benzene rings is 1. The number of thiocarbonyl (C=S) groups is 1. The highest BCUT2D eigenvalue weighted by atomic mass is 32.2. The van der Waals surface area contributed by atoms with E-state index in [2.05, 4.69) is 6.92 Å². The summed E-state index contributed by atoms with van der Waals surface area (Å²) >= 11 is 6.89. The van der Waals surface area contributed by atoms with Gasteiger partial charge in [0.25, 0.3) is 5.91 Å². The highest BCUT2D eigenvalue weighted by molar-refractivity contribution is 8.26. The highest BCUT2D eigenvalue weighted by Gasteiger charge is 2.37. The molecular formula is C19H23NO2S2. The summed E-state index contributed by atoms with van der Waals surface area (Å²) in [6, 6.07) is 8.16. The van der Waals surface area contributed by atoms with Crippen LogP contribution in [0.1, 0.15) is 51.0 Å². The molecule has 3 nitrogen and oxygen atoms in total. The average Bonchev–Trinajstić information content (AvgIpc) is 2.88. The number of rotatable bonds is 5. The molecule has 0 unspecified atom stereocenters. The maximum atomic E-state index is 12.8. The van der Waals surface area contributed by atoms with E-state index in [9.17, 15) is 4.79 Å². The molecule has 2 aliphatic rings. The minimum absolute atomic E-state index is 0.0724. The molecule has 0 radical (unpaired) electrons. The van der Waals surface area contributed by atoms with Crippen LogP contribution in [0.25, 0.3) is 6.08 Å². The molecule has 1 aliphatic carbocycles. The molecule has 1 saturated carbocycles. The predicted molar refractivity (Wildman–Crippen MR) is 104 cm³/mol. The van der Waals surface area contributed by atoms with Crippen LogP contribution in [0.5, 0.6) is 5.75 Å². The first-order valence-corrected chi connectivity index (χ1v) is 9.91. The van der Waals surface area contributed by atoms with Gasteiger partial charge in [-0.3, -0.25) is 9.69 Å². The molecule has 1 amide bonds. The van der Waals surface area contributed by atoms with Crippen LogP contribution in [0, 0.1) is 0 Å². The molecular weight excluding hydrogens is 338 g/mol. The van der Waals surface area contributed by atoms with Crippen molar-refractivity contribution in [2.24, 2.45) is 0 Å². The molecule has 0 bridgehead atoms. The van der Waals surface area contributed by atoms with Crippen molar-refractivity contribution < 1.29 is 9.53 Å². The second-order valence-electron chi connectivity index (χ2n) is 6.26. The fourth-order valence-electron chi connectivity index (χ4n) is 3.17. The second kappa shape index (κ2) is 8.17. The topological polar surface area (TPSA) is 29.5 Å². The zero-order chi connectivity index (χ0) is 16.9. The van der Waals surface area contributed by atoms with E-state index >= 15 is 0 Å². The molecule has 1 saturated heterocycles. The molecule has 0 spiro atoms. The van der Waals surface area contributed by atoms with E-state index in [1.54, 1.807) is 0 Å². The smallest absolute Gasteiger partial charge is 0.266 e. The molecule has 5 heteroatoms. The number of ether oxygens (including phenoxy) is 1. The quantitative estimate of drug-likeness (QED) is 0.545. The van der Waals surface area contributed by atoms with Gasteiger partial charge in [0.2, 0.25) is 0 Å². The van der Waals surface area contributed by atoms with Gasteiger partial charge in [-0.25, -0.2) is 0 Å². The van der Waals surface area contributed by atoms with E-state index in [-0.39, 0.29) is 5.91 Å². The zero-order valence-corrected chi connectivity index (χ0v) is 15.6. The van der Waals surface area contributed by atoms with Crippen LogP contribution in [0.2, 0.25) is 0 Å². The minimum Gasteiger partial charge on any atom is -0.494 e. The Bertz CT molecular complexity index is 633. The van der Waals surface area contributed by atoms with Gasteiger partial charge >= 0.3 is 0 Å². The second-order valence-corrected chi connectivity index (χ2v) is 7.94. The van der Waals surface area contributed by atoms with Gasteiger partial charge in [-0.15, -0.1) is 0 Å². The van der Waals surface area contributed by atoms with Crippen LogP contribution in [0.15, 0.2) is 29.2 Å². The highest BCUT2D eigenvalue weighted by Crippen LogP contribution is 2.37. The first-order chi connectivity index (χ1) is 11.7. The van der Waals surface area contributed by atoms with Crippen molar-refractivity contribution in [2.45, 2.75) is 51.5 Å². The number of hydrogen-bond donors (Lipinski definition) is 0. The number of amides is 1. The molecule has 0 N–H and O–H groups in total. The number of thioether (sulfide) groups is 1. The Labute approximate surface area is 153 Å². The van der Waals surface area contributed by atoms with Crippen LogP contribution in [-0.2, 0) is 4.79 Å². The normalized spacial score (nSPS) is 20.9. The summed E-state index contributed by atoms with van der Waals surface area (Å²) in [7, 11) is 0. The Morgan fingerprint density at radius 2 is 1.96 bits per heavy atom. The SMILES string of the molecule is CCCOc1ccc(C=C2SC(=S)N(C3CCCCC3)C2=O)cc1. The Morgan fingerprint density at radius 3 is 2.62 bits per heavy atom. The molecule has 1 aromatic rings. The third-order valence-electron chi connectivity index (χ3n) is 4.41. The van der Waals surface area contributed by atoms with Gasteiger partial charge in [0.05, 0.1) is 11.5 Å². The van der Waals surface area contributed by atoms with Crippen LogP contribution >= 0.6 is 24.0 Å². The van der Waals surface area contributed by atoms with Gasteiger partial charge in [-0.2, -0.15) is 0 Å². The number of nitrogens with zero attached hydrogens (tertiary/aromatic N) is 1. The summed E-state index contributed by atoms with van der Waals surface area (Å²) < 4.78 is 6.30. The maximum Gasteiger partial charge on any atom is 0.266 e. The van der Waals surface area contributed by atoms with Gasteiger partial charge in [0.1, 0.15) is 10.1 Å². The monoisotopic (exact) mass is 361 g/mol. The van der Waals surface area contributed by atoms with Gasteiger partial charge in [0, 0.05) is 6.04 Å². The standard InChI is InChI=1S/C19H23NO2S2/c1-2-12-22-16-10-8-14(9-11-16)13-17-18(21)20(19(23)24-17)15-6-4-3-5-7-15/h8-11,13,15H,2-7,12H2,1H3. The molecule has 1 aromatic carbocycles. The summed E-state index contributed by atoms with van der Waals surface area (Å²) in [5, 5.41) is 0. The van der Waals surface area contributed by atoms with Gasteiger partial charge in [0.15, 0.2) is 0 Å². The van der Waals surface area contributed by atoms with Crippen LogP contribution in [0.3, 0.4) is 0 Å². The minimum atomic E-state index is 0.0724. The molecule has 128 valence electrons. The van der Waals surface area contributed by atoms with Gasteiger partial charge in [-0.1, -0.05) is 62.3 Å². The van der Waals surface area contributed by atoms with E-state index in [1.807, 2.05) is 35.2 Å². The zero-order valence-electron chi connectivity index (χ0n) is 14.0. The van der Waals surface area contributed by atoms with Crippen molar-refractivity contribution in [3.05, 3.63) is 34.7 Å². The van der Waals surface area contributed by atoms with Crippen molar-refractivity contribution in [2.75, 3.05) is 6.61 Å². The van der Waals surface area contributed by atoms with Crippen molar-refractivity contribution in [1.82, 2.24) is 4.90 Å². The Morgan fingerprint density at radius 1 is 1.25 bits per heavy atom. The van der Waals surface area contributed by atoms with Crippen molar-refractivity contribution >= 4 is 40.3 Å². The lowest BCUT2D eigenvalue weighted by Crippen LogP contribution is -2.39. The number of hydrogen-bond acceptors (Lipinski definition) is 4. The average molecular weight is 362 g/mol. The van der Waals surface area contributed by atoms with Gasteiger partial charge in [-0.05, 0) is 43.0 Å². The van der Waals surface area contributed by atoms with Crippen molar-refractivity contribution in [3.8, 4) is 5.75 Å². The fraction of sp³-hybridized carbons (Fsp3) is 0.474. The third kappa shape index (κ3) is 4.01. The molecule has 0 aromatic heterocycles. The molecule has 2 fully saturated rings. The summed E-state index contributed by atoms with van der Waals surface area (Å²) in [4.78, 5) is 15.3. The largest absolute Gasteiger partial charge is 0.494 e. The maximum absolute atomic E-state index is 12.8. The summed E-state index contributed by atoms with van der Waals surface area (Å²) in [6.45, 7) is 2.81. The fourth-order valence-corrected chi connectivity index (χ4v) is 4.57. The lowest BCUT2D eigenvalue weighted by Gasteiger charge is -2.29. The Balaban J connectivity index is 1.71. The van der Waals surface area contributed by atoms with Crippen molar-refractivity contribution in [3.63, 3.8) is 0 Å². The summed E-state index contributed by atoms with van der Waals surface area (Å²) in [6.07, 6.45) is 8.73. The van der Waals surface area contributed by atoms with E-state index in [4.69, 9.17) is 17.0 Å². The lowest BCUT2D eigenvalue weighted by molar-refractivity contribution is -0.124. The number of carbonyl (C=O) groups excluding carboxylic acids is 1. The molecule has 3 rings (SSSR count). The first-order valence-electron chi connectivity index (χ1n) is 8.69. The van der Waals surface area contributed by atoms with E-state index < -0.39 is 0 Å². The number of carbonyl (C=O) groups is 1. The van der Waals surface area contributed by atoms with Crippen LogP contribution in [0.4, 0.5) is 0 Å². The van der Waals surface area contributed by atoms with Gasteiger partial charge < -0.3 is 4.74 Å². The predicted octanol–water partition coefficient (Wildman–Crippen LogP) is 5.01. The van der Waals surface area contributed by atoms with E-state index in [0.717, 1.165) is 42.1 Å². The van der Waals surface area contributed by atoms with E-state index in [0.29, 0.717) is 10.4 Å². The molecule has 1 aliphatic heterocycles. The molecule has 1 heterocycles. The Kier molecular flexibility index (Phi) is 5.95. The van der Waals surface area contributed by atoms with E-state index in [1.165, 1.54) is 31.0 Å². The Hall–Kier alpha value is -1.33. The summed E-state index contributed by atoms with van der Waals surface area (Å²) in [5.74, 6) is 0.937. The molecule has 24 heavy (non-hydrogen) atoms. The lowest BCUT2D eigenvalue weighted by atomic mass is 9.94. The first kappa shape index (κ1) is 17.5. The van der Waals surface area contributed by atoms with Crippen molar-refractivity contribution in [1.29, 1.82) is 0 Å².